The van der Waals surface area contributed by atoms with Crippen LogP contribution in [0.25, 0.3) is 0 Å². The fourth-order valence-electron chi connectivity index (χ4n) is 1.21. The largest absolute Gasteiger partial charge is 0.370 e. The van der Waals surface area contributed by atoms with Gasteiger partial charge in [-0.15, -0.1) is 11.8 Å². The van der Waals surface area contributed by atoms with Gasteiger partial charge in [-0.1, -0.05) is 20.8 Å². The van der Waals surface area contributed by atoms with E-state index in [0.717, 1.165) is 23.0 Å². The van der Waals surface area contributed by atoms with Crippen molar-refractivity contribution in [3.05, 3.63) is 11.9 Å². The molecule has 90 valence electrons. The summed E-state index contributed by atoms with van der Waals surface area (Å²) in [4.78, 5) is 8.60. The van der Waals surface area contributed by atoms with Crippen molar-refractivity contribution in [2.75, 3.05) is 11.9 Å². The predicted molar refractivity (Wildman–Crippen MR) is 71.1 cm³/mol. The lowest BCUT2D eigenvalue weighted by atomic mass is 10.2. The fourth-order valence-corrected chi connectivity index (χ4v) is 2.22. The summed E-state index contributed by atoms with van der Waals surface area (Å²) in [5.74, 6) is 1.61. The average Bonchev–Trinajstić information content (AvgIpc) is 2.24. The van der Waals surface area contributed by atoms with Crippen LogP contribution in [0.4, 0.5) is 5.82 Å². The summed E-state index contributed by atoms with van der Waals surface area (Å²) in [6.07, 6.45) is 1.64. The first-order valence-electron chi connectivity index (χ1n) is 5.78. The molecule has 1 heterocycles. The quantitative estimate of drug-likeness (QED) is 0.631. The molecule has 0 bridgehead atoms. The second kappa shape index (κ2) is 6.09. The van der Waals surface area contributed by atoms with Gasteiger partial charge in [0.15, 0.2) is 0 Å². The van der Waals surface area contributed by atoms with Crippen LogP contribution in [0.15, 0.2) is 11.4 Å². The molecule has 0 radical (unpaired) electrons. The molecule has 0 aliphatic heterocycles. The number of hydrogen-bond acceptors (Lipinski definition) is 4. The number of rotatable bonds is 5. The molecule has 4 heteroatoms. The molecule has 0 saturated carbocycles. The zero-order chi connectivity index (χ0) is 12.1. The van der Waals surface area contributed by atoms with Gasteiger partial charge in [0.05, 0.1) is 0 Å². The highest BCUT2D eigenvalue weighted by atomic mass is 32.2. The van der Waals surface area contributed by atoms with E-state index in [1.54, 1.807) is 6.33 Å². The van der Waals surface area contributed by atoms with Crippen LogP contribution in [-0.2, 0) is 0 Å². The molecular formula is C12H21N3S. The van der Waals surface area contributed by atoms with Crippen molar-refractivity contribution in [1.82, 2.24) is 9.97 Å². The highest BCUT2D eigenvalue weighted by molar-refractivity contribution is 7.99. The molecular weight excluding hydrogens is 218 g/mol. The number of aromatic nitrogens is 2. The smallest absolute Gasteiger partial charge is 0.133 e. The molecule has 0 fully saturated rings. The summed E-state index contributed by atoms with van der Waals surface area (Å²) >= 11 is 1.83. The van der Waals surface area contributed by atoms with E-state index in [0.29, 0.717) is 11.2 Å². The first-order chi connectivity index (χ1) is 7.56. The van der Waals surface area contributed by atoms with E-state index in [4.69, 9.17) is 0 Å². The molecule has 0 aromatic carbocycles. The number of thioether (sulfide) groups is 1. The average molecular weight is 239 g/mol. The summed E-state index contributed by atoms with van der Waals surface area (Å²) in [5.41, 5.74) is 1.15. The Morgan fingerprint density at radius 2 is 2.00 bits per heavy atom. The van der Waals surface area contributed by atoms with Crippen molar-refractivity contribution in [3.8, 4) is 0 Å². The van der Waals surface area contributed by atoms with E-state index >= 15 is 0 Å². The van der Waals surface area contributed by atoms with E-state index in [1.165, 1.54) is 0 Å². The van der Waals surface area contributed by atoms with Gasteiger partial charge in [-0.2, -0.15) is 0 Å². The van der Waals surface area contributed by atoms with Gasteiger partial charge in [0.1, 0.15) is 17.2 Å². The first kappa shape index (κ1) is 13.3. The number of nitrogens with zero attached hydrogens (tertiary/aromatic N) is 2. The molecule has 1 aromatic rings. The van der Waals surface area contributed by atoms with E-state index in [1.807, 2.05) is 11.8 Å². The minimum Gasteiger partial charge on any atom is -0.370 e. The zero-order valence-corrected chi connectivity index (χ0v) is 11.6. The molecule has 0 saturated heterocycles. The van der Waals surface area contributed by atoms with Gasteiger partial charge in [-0.3, -0.25) is 0 Å². The minimum absolute atomic E-state index is 0.572. The van der Waals surface area contributed by atoms with Crippen LogP contribution >= 0.6 is 11.8 Å². The molecule has 0 aliphatic rings. The van der Waals surface area contributed by atoms with E-state index in [-0.39, 0.29) is 0 Å². The van der Waals surface area contributed by atoms with Gasteiger partial charge in [0, 0.05) is 17.4 Å². The standard InChI is InChI=1S/C12H21N3S/c1-6-13-11-9(4)12(15-7-14-11)16-10(5)8(2)3/h7-8,10H,6H2,1-5H3,(H,13,14,15). The zero-order valence-electron chi connectivity index (χ0n) is 10.7. The highest BCUT2D eigenvalue weighted by Gasteiger charge is 2.13. The molecule has 3 nitrogen and oxygen atoms in total. The van der Waals surface area contributed by atoms with Crippen molar-refractivity contribution in [2.24, 2.45) is 5.92 Å². The Morgan fingerprint density at radius 3 is 2.56 bits per heavy atom. The van der Waals surface area contributed by atoms with Crippen LogP contribution in [0.5, 0.6) is 0 Å². The Balaban J connectivity index is 2.84. The normalized spacial score (nSPS) is 12.9. The summed E-state index contributed by atoms with van der Waals surface area (Å²) in [7, 11) is 0. The Morgan fingerprint density at radius 1 is 1.31 bits per heavy atom. The lowest BCUT2D eigenvalue weighted by Gasteiger charge is -2.16. The van der Waals surface area contributed by atoms with Gasteiger partial charge in [0.2, 0.25) is 0 Å². The highest BCUT2D eigenvalue weighted by Crippen LogP contribution is 2.30. The maximum atomic E-state index is 4.36. The molecule has 1 atom stereocenters. The summed E-state index contributed by atoms with van der Waals surface area (Å²) in [5, 5.41) is 4.92. The Labute approximate surface area is 102 Å². The first-order valence-corrected chi connectivity index (χ1v) is 6.66. The molecule has 0 spiro atoms. The minimum atomic E-state index is 0.572. The second-order valence-electron chi connectivity index (χ2n) is 4.25. The van der Waals surface area contributed by atoms with Crippen molar-refractivity contribution in [3.63, 3.8) is 0 Å². The monoisotopic (exact) mass is 239 g/mol. The maximum Gasteiger partial charge on any atom is 0.133 e. The summed E-state index contributed by atoms with van der Waals surface area (Å²) in [6, 6.07) is 0. The third-order valence-electron chi connectivity index (χ3n) is 2.62. The van der Waals surface area contributed by atoms with E-state index < -0.39 is 0 Å². The molecule has 1 rings (SSSR count). The maximum absolute atomic E-state index is 4.36. The van der Waals surface area contributed by atoms with Gasteiger partial charge >= 0.3 is 0 Å². The Bertz CT molecular complexity index is 339. The molecule has 0 amide bonds. The lowest BCUT2D eigenvalue weighted by molar-refractivity contribution is 0.641. The molecule has 1 aromatic heterocycles. The lowest BCUT2D eigenvalue weighted by Crippen LogP contribution is -2.08. The summed E-state index contributed by atoms with van der Waals surface area (Å²) in [6.45, 7) is 11.8. The molecule has 16 heavy (non-hydrogen) atoms. The number of anilines is 1. The van der Waals surface area contributed by atoms with Crippen molar-refractivity contribution >= 4 is 17.6 Å². The van der Waals surface area contributed by atoms with Crippen LogP contribution in [-0.4, -0.2) is 21.8 Å². The molecule has 0 aliphatic carbocycles. The van der Waals surface area contributed by atoms with E-state index in [2.05, 4.69) is 49.9 Å². The van der Waals surface area contributed by atoms with Crippen LogP contribution in [0.1, 0.15) is 33.3 Å². The SMILES string of the molecule is CCNc1ncnc(SC(C)C(C)C)c1C. The summed E-state index contributed by atoms with van der Waals surface area (Å²) < 4.78 is 0. The van der Waals surface area contributed by atoms with Crippen LogP contribution in [0.3, 0.4) is 0 Å². The molecule has 1 unspecified atom stereocenters. The van der Waals surface area contributed by atoms with Crippen LogP contribution in [0.2, 0.25) is 0 Å². The topological polar surface area (TPSA) is 37.8 Å². The van der Waals surface area contributed by atoms with Crippen LogP contribution in [0, 0.1) is 12.8 Å². The fraction of sp³-hybridized carbons (Fsp3) is 0.667. The Kier molecular flexibility index (Phi) is 5.06. The number of hydrogen-bond donors (Lipinski definition) is 1. The van der Waals surface area contributed by atoms with Gasteiger partial charge in [-0.25, -0.2) is 9.97 Å². The van der Waals surface area contributed by atoms with Gasteiger partial charge < -0.3 is 5.32 Å². The van der Waals surface area contributed by atoms with E-state index in [9.17, 15) is 0 Å². The second-order valence-corrected chi connectivity index (χ2v) is 5.62. The van der Waals surface area contributed by atoms with Crippen molar-refractivity contribution in [2.45, 2.75) is 44.9 Å². The molecule has 1 N–H and O–H groups in total. The third-order valence-corrected chi connectivity index (χ3v) is 4.17. The van der Waals surface area contributed by atoms with Crippen molar-refractivity contribution < 1.29 is 0 Å². The Hall–Kier alpha value is -0.770. The van der Waals surface area contributed by atoms with Crippen LogP contribution < -0.4 is 5.32 Å². The van der Waals surface area contributed by atoms with Gasteiger partial charge in [-0.05, 0) is 19.8 Å². The predicted octanol–water partition coefficient (Wildman–Crippen LogP) is 3.35. The van der Waals surface area contributed by atoms with Crippen molar-refractivity contribution in [1.29, 1.82) is 0 Å². The third kappa shape index (κ3) is 3.37. The number of nitrogens with one attached hydrogen (secondary N) is 1. The van der Waals surface area contributed by atoms with Gasteiger partial charge in [0.25, 0.3) is 0 Å².